The number of benzene rings is 2. The summed E-state index contributed by atoms with van der Waals surface area (Å²) in [4.78, 5) is 10.7. The normalized spacial score (nSPS) is 12.6. The van der Waals surface area contributed by atoms with E-state index in [2.05, 4.69) is 5.10 Å². The minimum Gasteiger partial charge on any atom is -0.318 e. The highest BCUT2D eigenvalue weighted by Crippen LogP contribution is 2.34. The summed E-state index contributed by atoms with van der Waals surface area (Å²) in [5.41, 5.74) is -1.37. The molecule has 0 atom stereocenters. The van der Waals surface area contributed by atoms with Gasteiger partial charge in [-0.25, -0.2) is 18.2 Å². The SMILES string of the molecule is NS(=O)(=O)c1ccc(-n2nc(C(F)(F)F)cc2-c2ccc(NC(=O)C(F)(F)F)cc2)cc1. The first kappa shape index (κ1) is 23.3. The Morgan fingerprint density at radius 3 is 1.97 bits per heavy atom. The second kappa shape index (κ2) is 7.94. The fraction of sp³-hybridized carbons (Fsp3) is 0.111. The number of alkyl halides is 6. The highest BCUT2D eigenvalue weighted by atomic mass is 32.2. The molecule has 0 aliphatic heterocycles. The van der Waals surface area contributed by atoms with Gasteiger partial charge in [0.25, 0.3) is 0 Å². The van der Waals surface area contributed by atoms with Gasteiger partial charge in [0.2, 0.25) is 10.0 Å². The van der Waals surface area contributed by atoms with Crippen LogP contribution in [-0.2, 0) is 21.0 Å². The zero-order chi connectivity index (χ0) is 23.9. The number of hydrogen-bond acceptors (Lipinski definition) is 4. The second-order valence-electron chi connectivity index (χ2n) is 6.39. The lowest BCUT2D eigenvalue weighted by Gasteiger charge is -2.10. The molecule has 3 aromatic rings. The van der Waals surface area contributed by atoms with E-state index in [4.69, 9.17) is 5.14 Å². The molecule has 14 heteroatoms. The van der Waals surface area contributed by atoms with Gasteiger partial charge in [0, 0.05) is 11.3 Å². The molecule has 0 bridgehead atoms. The Hall–Kier alpha value is -3.39. The van der Waals surface area contributed by atoms with E-state index < -0.39 is 34.0 Å². The van der Waals surface area contributed by atoms with E-state index in [9.17, 15) is 39.6 Å². The fourth-order valence-electron chi connectivity index (χ4n) is 2.63. The van der Waals surface area contributed by atoms with E-state index in [-0.39, 0.29) is 27.5 Å². The molecule has 0 spiro atoms. The van der Waals surface area contributed by atoms with Crippen LogP contribution in [0.2, 0.25) is 0 Å². The standard InChI is InChI=1S/C18H12F6N4O3S/c19-17(20,21)15-9-14(10-1-3-11(4-2-10)26-16(29)18(22,23)24)28(27-15)12-5-7-13(8-6-12)32(25,30)31/h1-9H,(H,26,29)(H2,25,30,31). The smallest absolute Gasteiger partial charge is 0.318 e. The van der Waals surface area contributed by atoms with Gasteiger partial charge in [-0.1, -0.05) is 12.1 Å². The van der Waals surface area contributed by atoms with Crippen molar-refractivity contribution in [2.75, 3.05) is 5.32 Å². The number of aromatic nitrogens is 2. The number of nitrogens with one attached hydrogen (secondary N) is 1. The van der Waals surface area contributed by atoms with Crippen molar-refractivity contribution in [2.45, 2.75) is 17.2 Å². The number of nitrogens with zero attached hydrogens (tertiary/aromatic N) is 2. The number of rotatable bonds is 4. The number of nitrogens with two attached hydrogens (primary N) is 1. The van der Waals surface area contributed by atoms with E-state index in [1.807, 2.05) is 0 Å². The van der Waals surface area contributed by atoms with Crippen molar-refractivity contribution < 1.29 is 39.6 Å². The molecule has 170 valence electrons. The zero-order valence-electron chi connectivity index (χ0n) is 15.6. The van der Waals surface area contributed by atoms with Gasteiger partial charge in [-0.05, 0) is 42.5 Å². The molecule has 0 aliphatic carbocycles. The number of halogens is 6. The molecule has 0 fully saturated rings. The number of amides is 1. The monoisotopic (exact) mass is 478 g/mol. The molecule has 0 unspecified atom stereocenters. The van der Waals surface area contributed by atoms with E-state index in [0.29, 0.717) is 0 Å². The van der Waals surface area contributed by atoms with Crippen molar-refractivity contribution in [3.8, 4) is 16.9 Å². The van der Waals surface area contributed by atoms with Crippen molar-refractivity contribution in [3.05, 3.63) is 60.3 Å². The van der Waals surface area contributed by atoms with Gasteiger partial charge in [0.1, 0.15) is 0 Å². The number of carbonyl (C=O) groups is 1. The van der Waals surface area contributed by atoms with Gasteiger partial charge in [-0.15, -0.1) is 0 Å². The highest BCUT2D eigenvalue weighted by Gasteiger charge is 2.38. The van der Waals surface area contributed by atoms with Gasteiger partial charge in [0.05, 0.1) is 16.3 Å². The number of sulfonamides is 1. The Balaban J connectivity index is 2.03. The predicted octanol–water partition coefficient (Wildman–Crippen LogP) is 3.71. The van der Waals surface area contributed by atoms with Crippen LogP contribution >= 0.6 is 0 Å². The average Bonchev–Trinajstić information content (AvgIpc) is 3.13. The summed E-state index contributed by atoms with van der Waals surface area (Å²) in [6.07, 6.45) is -9.91. The van der Waals surface area contributed by atoms with Crippen LogP contribution in [0.15, 0.2) is 59.5 Å². The van der Waals surface area contributed by atoms with E-state index in [1.165, 1.54) is 24.3 Å². The fourth-order valence-corrected chi connectivity index (χ4v) is 3.14. The molecule has 3 N–H and O–H groups in total. The van der Waals surface area contributed by atoms with Crippen molar-refractivity contribution in [2.24, 2.45) is 5.14 Å². The van der Waals surface area contributed by atoms with Crippen LogP contribution in [0.4, 0.5) is 32.0 Å². The summed E-state index contributed by atoms with van der Waals surface area (Å²) in [7, 11) is -4.03. The molecule has 3 rings (SSSR count). The van der Waals surface area contributed by atoms with E-state index >= 15 is 0 Å². The topological polar surface area (TPSA) is 107 Å². The summed E-state index contributed by atoms with van der Waals surface area (Å²) in [5, 5.41) is 10.1. The lowest BCUT2D eigenvalue weighted by atomic mass is 10.1. The second-order valence-corrected chi connectivity index (χ2v) is 7.95. The highest BCUT2D eigenvalue weighted by molar-refractivity contribution is 7.89. The molecule has 32 heavy (non-hydrogen) atoms. The first-order valence-corrected chi connectivity index (χ1v) is 10.00. The maximum atomic E-state index is 13.2. The molecule has 0 saturated heterocycles. The molecule has 0 aliphatic rings. The molecule has 2 aromatic carbocycles. The van der Waals surface area contributed by atoms with Crippen LogP contribution in [-0.4, -0.2) is 30.3 Å². The maximum Gasteiger partial charge on any atom is 0.471 e. The largest absolute Gasteiger partial charge is 0.471 e. The minimum absolute atomic E-state index is 0.0670. The summed E-state index contributed by atoms with van der Waals surface area (Å²) in [6.45, 7) is 0. The van der Waals surface area contributed by atoms with Gasteiger partial charge in [0.15, 0.2) is 5.69 Å². The van der Waals surface area contributed by atoms with Gasteiger partial charge < -0.3 is 5.32 Å². The number of carbonyl (C=O) groups excluding carboxylic acids is 1. The summed E-state index contributed by atoms with van der Waals surface area (Å²) >= 11 is 0. The summed E-state index contributed by atoms with van der Waals surface area (Å²) < 4.78 is 100. The van der Waals surface area contributed by atoms with Crippen molar-refractivity contribution in [3.63, 3.8) is 0 Å². The zero-order valence-corrected chi connectivity index (χ0v) is 16.4. The predicted molar refractivity (Wildman–Crippen MR) is 100 cm³/mol. The molecular formula is C18H12F6N4O3S. The Bertz CT molecular complexity index is 1250. The Kier molecular flexibility index (Phi) is 5.78. The first-order valence-electron chi connectivity index (χ1n) is 8.45. The molecule has 0 radical (unpaired) electrons. The van der Waals surface area contributed by atoms with Crippen LogP contribution in [0.1, 0.15) is 5.69 Å². The summed E-state index contributed by atoms with van der Waals surface area (Å²) in [6, 6.07) is 9.80. The van der Waals surface area contributed by atoms with Crippen LogP contribution in [0.5, 0.6) is 0 Å². The molecule has 1 heterocycles. The lowest BCUT2D eigenvalue weighted by molar-refractivity contribution is -0.167. The molecular weight excluding hydrogens is 466 g/mol. The summed E-state index contributed by atoms with van der Waals surface area (Å²) in [5.74, 6) is -2.20. The van der Waals surface area contributed by atoms with E-state index in [0.717, 1.165) is 35.0 Å². The molecule has 7 nitrogen and oxygen atoms in total. The number of primary sulfonamides is 1. The van der Waals surface area contributed by atoms with E-state index in [1.54, 1.807) is 5.32 Å². The Morgan fingerprint density at radius 2 is 1.50 bits per heavy atom. The van der Waals surface area contributed by atoms with Crippen LogP contribution < -0.4 is 10.5 Å². The van der Waals surface area contributed by atoms with Crippen LogP contribution in [0.25, 0.3) is 16.9 Å². The number of anilines is 1. The van der Waals surface area contributed by atoms with Gasteiger partial charge >= 0.3 is 18.3 Å². The lowest BCUT2D eigenvalue weighted by Crippen LogP contribution is -2.29. The first-order chi connectivity index (χ1) is 14.7. The van der Waals surface area contributed by atoms with Crippen molar-refractivity contribution in [1.82, 2.24) is 9.78 Å². The quantitative estimate of drug-likeness (QED) is 0.558. The van der Waals surface area contributed by atoms with Crippen molar-refractivity contribution >= 4 is 21.6 Å². The third-order valence-corrected chi connectivity index (χ3v) is 5.03. The van der Waals surface area contributed by atoms with Crippen molar-refractivity contribution in [1.29, 1.82) is 0 Å². The molecule has 1 aromatic heterocycles. The maximum absolute atomic E-state index is 13.2. The van der Waals surface area contributed by atoms with Crippen LogP contribution in [0.3, 0.4) is 0 Å². The Morgan fingerprint density at radius 1 is 0.938 bits per heavy atom. The van der Waals surface area contributed by atoms with Gasteiger partial charge in [-0.2, -0.15) is 31.4 Å². The minimum atomic E-state index is -5.11. The molecule has 1 amide bonds. The molecule has 0 saturated carbocycles. The third-order valence-electron chi connectivity index (χ3n) is 4.11. The Labute approximate surface area is 176 Å². The third kappa shape index (κ3) is 5.08. The number of hydrogen-bond donors (Lipinski definition) is 2. The van der Waals surface area contributed by atoms with Crippen LogP contribution in [0, 0.1) is 0 Å². The van der Waals surface area contributed by atoms with Gasteiger partial charge in [-0.3, -0.25) is 4.79 Å². The average molecular weight is 478 g/mol.